The highest BCUT2D eigenvalue weighted by Gasteiger charge is 2.21. The van der Waals surface area contributed by atoms with E-state index in [9.17, 15) is 14.7 Å². The number of pyridine rings is 1. The molecule has 0 spiro atoms. The number of nitrogens with one attached hydrogen (secondary N) is 1. The van der Waals surface area contributed by atoms with Gasteiger partial charge in [-0.15, -0.1) is 0 Å². The molecule has 2 aromatic rings. The van der Waals surface area contributed by atoms with Gasteiger partial charge < -0.3 is 15.2 Å². The molecule has 126 valence electrons. The fraction of sp³-hybridized carbons (Fsp3) is 0.235. The standard InChI is InChI=1S/C17H17BrN2O4/c18-16-13(7-4-8-19-16)9-14(17(22)23)20-15(21)11-24-10-12-5-2-1-3-6-12/h1-8,14H,9-11H2,(H,20,21)(H,22,23)/t14-/m1/s1. The summed E-state index contributed by atoms with van der Waals surface area (Å²) in [5, 5.41) is 11.8. The van der Waals surface area contributed by atoms with E-state index in [4.69, 9.17) is 4.74 Å². The summed E-state index contributed by atoms with van der Waals surface area (Å²) >= 11 is 3.27. The van der Waals surface area contributed by atoms with Crippen LogP contribution < -0.4 is 5.32 Å². The van der Waals surface area contributed by atoms with Crippen molar-refractivity contribution in [3.8, 4) is 0 Å². The summed E-state index contributed by atoms with van der Waals surface area (Å²) in [5.74, 6) is -1.58. The minimum atomic E-state index is -1.11. The van der Waals surface area contributed by atoms with Crippen LogP contribution in [-0.2, 0) is 27.4 Å². The predicted octanol–water partition coefficient (Wildman–Crippen LogP) is 2.17. The van der Waals surface area contributed by atoms with Crippen molar-refractivity contribution in [3.63, 3.8) is 0 Å². The lowest BCUT2D eigenvalue weighted by atomic mass is 10.1. The van der Waals surface area contributed by atoms with E-state index < -0.39 is 17.9 Å². The van der Waals surface area contributed by atoms with Crippen LogP contribution in [0.25, 0.3) is 0 Å². The number of carbonyl (C=O) groups excluding carboxylic acids is 1. The molecule has 1 aromatic heterocycles. The molecule has 0 saturated heterocycles. The third-order valence-electron chi connectivity index (χ3n) is 3.24. The minimum absolute atomic E-state index is 0.133. The number of aromatic nitrogens is 1. The molecule has 2 rings (SSSR count). The van der Waals surface area contributed by atoms with Gasteiger partial charge in [-0.3, -0.25) is 4.79 Å². The van der Waals surface area contributed by atoms with Gasteiger partial charge in [0.25, 0.3) is 0 Å². The zero-order valence-corrected chi connectivity index (χ0v) is 14.4. The van der Waals surface area contributed by atoms with E-state index in [1.165, 1.54) is 0 Å². The Hall–Kier alpha value is -2.25. The molecule has 1 atom stereocenters. The van der Waals surface area contributed by atoms with Gasteiger partial charge in [-0.2, -0.15) is 0 Å². The Morgan fingerprint density at radius 2 is 1.96 bits per heavy atom. The Balaban J connectivity index is 1.85. The number of halogens is 1. The first-order valence-corrected chi connectivity index (χ1v) is 8.09. The van der Waals surface area contributed by atoms with Crippen LogP contribution in [0.3, 0.4) is 0 Å². The fourth-order valence-corrected chi connectivity index (χ4v) is 2.48. The van der Waals surface area contributed by atoms with Gasteiger partial charge in [0.15, 0.2) is 0 Å². The van der Waals surface area contributed by atoms with Crippen LogP contribution in [0.15, 0.2) is 53.3 Å². The average Bonchev–Trinajstić information content (AvgIpc) is 2.57. The van der Waals surface area contributed by atoms with Crippen LogP contribution in [0.4, 0.5) is 0 Å². The molecule has 0 radical (unpaired) electrons. The molecule has 1 heterocycles. The van der Waals surface area contributed by atoms with Gasteiger partial charge in [0.1, 0.15) is 17.3 Å². The maximum atomic E-state index is 11.9. The maximum Gasteiger partial charge on any atom is 0.326 e. The molecule has 0 aliphatic rings. The molecule has 0 aliphatic carbocycles. The highest BCUT2D eigenvalue weighted by molar-refractivity contribution is 9.10. The number of carbonyl (C=O) groups is 2. The fourth-order valence-electron chi connectivity index (χ4n) is 2.06. The second-order valence-electron chi connectivity index (χ2n) is 5.09. The number of hydrogen-bond donors (Lipinski definition) is 2. The van der Waals surface area contributed by atoms with E-state index in [1.54, 1.807) is 18.3 Å². The Labute approximate surface area is 148 Å². The van der Waals surface area contributed by atoms with E-state index in [0.717, 1.165) is 5.56 Å². The summed E-state index contributed by atoms with van der Waals surface area (Å²) in [6, 6.07) is 11.9. The van der Waals surface area contributed by atoms with Crippen molar-refractivity contribution < 1.29 is 19.4 Å². The molecular weight excluding hydrogens is 376 g/mol. The monoisotopic (exact) mass is 392 g/mol. The molecule has 6 nitrogen and oxygen atoms in total. The summed E-state index contributed by atoms with van der Waals surface area (Å²) in [4.78, 5) is 27.3. The molecule has 2 N–H and O–H groups in total. The topological polar surface area (TPSA) is 88.5 Å². The van der Waals surface area contributed by atoms with Gasteiger partial charge >= 0.3 is 5.97 Å². The molecule has 0 aliphatic heterocycles. The molecule has 0 unspecified atom stereocenters. The Morgan fingerprint density at radius 3 is 2.62 bits per heavy atom. The average molecular weight is 393 g/mol. The quantitative estimate of drug-likeness (QED) is 0.672. The number of rotatable bonds is 8. The van der Waals surface area contributed by atoms with Gasteiger partial charge in [0.2, 0.25) is 5.91 Å². The first-order chi connectivity index (χ1) is 11.6. The highest BCUT2D eigenvalue weighted by Crippen LogP contribution is 2.14. The van der Waals surface area contributed by atoms with E-state index in [-0.39, 0.29) is 13.0 Å². The summed E-state index contributed by atoms with van der Waals surface area (Å²) in [5.41, 5.74) is 1.65. The van der Waals surface area contributed by atoms with Crippen LogP contribution in [0.2, 0.25) is 0 Å². The number of ether oxygens (including phenoxy) is 1. The number of nitrogens with zero attached hydrogens (tertiary/aromatic N) is 1. The van der Waals surface area contributed by atoms with Crippen molar-refractivity contribution in [2.75, 3.05) is 6.61 Å². The second kappa shape index (κ2) is 9.14. The van der Waals surface area contributed by atoms with Gasteiger partial charge in [-0.1, -0.05) is 36.4 Å². The first-order valence-electron chi connectivity index (χ1n) is 7.29. The van der Waals surface area contributed by atoms with Gasteiger partial charge in [0.05, 0.1) is 6.61 Å². The van der Waals surface area contributed by atoms with Crippen molar-refractivity contribution in [3.05, 3.63) is 64.4 Å². The van der Waals surface area contributed by atoms with Crippen LogP contribution in [0.1, 0.15) is 11.1 Å². The smallest absolute Gasteiger partial charge is 0.326 e. The van der Waals surface area contributed by atoms with Crippen LogP contribution in [-0.4, -0.2) is 34.6 Å². The van der Waals surface area contributed by atoms with E-state index >= 15 is 0 Å². The lowest BCUT2D eigenvalue weighted by molar-refractivity contribution is -0.142. The molecule has 24 heavy (non-hydrogen) atoms. The van der Waals surface area contributed by atoms with Gasteiger partial charge in [0, 0.05) is 12.6 Å². The van der Waals surface area contributed by atoms with Crippen LogP contribution >= 0.6 is 15.9 Å². The third-order valence-corrected chi connectivity index (χ3v) is 3.95. The number of amides is 1. The summed E-state index contributed by atoms with van der Waals surface area (Å²) in [6.45, 7) is 0.0903. The molecule has 0 bridgehead atoms. The molecule has 7 heteroatoms. The normalized spacial score (nSPS) is 11.7. The minimum Gasteiger partial charge on any atom is -0.480 e. The van der Waals surface area contributed by atoms with E-state index in [0.29, 0.717) is 16.8 Å². The van der Waals surface area contributed by atoms with Crippen LogP contribution in [0, 0.1) is 0 Å². The Kier molecular flexibility index (Phi) is 6.89. The third kappa shape index (κ3) is 5.75. The Bertz CT molecular complexity index is 694. The molecular formula is C17H17BrN2O4. The highest BCUT2D eigenvalue weighted by atomic mass is 79.9. The molecule has 0 fully saturated rings. The van der Waals surface area contributed by atoms with Crippen molar-refractivity contribution >= 4 is 27.8 Å². The first kappa shape index (κ1) is 18.1. The number of benzene rings is 1. The molecule has 0 saturated carbocycles. The largest absolute Gasteiger partial charge is 0.480 e. The van der Waals surface area contributed by atoms with Crippen LogP contribution in [0.5, 0.6) is 0 Å². The summed E-state index contributed by atoms with van der Waals surface area (Å²) < 4.78 is 5.87. The van der Waals surface area contributed by atoms with Crippen molar-refractivity contribution in [2.24, 2.45) is 0 Å². The summed E-state index contributed by atoms with van der Waals surface area (Å²) in [6.07, 6.45) is 1.73. The van der Waals surface area contributed by atoms with E-state index in [1.807, 2.05) is 30.3 Å². The lowest BCUT2D eigenvalue weighted by Gasteiger charge is -2.15. The predicted molar refractivity (Wildman–Crippen MR) is 91.3 cm³/mol. The van der Waals surface area contributed by atoms with Gasteiger partial charge in [-0.05, 0) is 33.1 Å². The van der Waals surface area contributed by atoms with Crippen molar-refractivity contribution in [1.29, 1.82) is 0 Å². The number of carboxylic acids is 1. The Morgan fingerprint density at radius 1 is 1.21 bits per heavy atom. The zero-order valence-electron chi connectivity index (χ0n) is 12.8. The van der Waals surface area contributed by atoms with E-state index in [2.05, 4.69) is 26.2 Å². The second-order valence-corrected chi connectivity index (χ2v) is 5.85. The van der Waals surface area contributed by atoms with Crippen molar-refractivity contribution in [2.45, 2.75) is 19.1 Å². The SMILES string of the molecule is O=C(COCc1ccccc1)N[C@H](Cc1cccnc1Br)C(=O)O. The number of hydrogen-bond acceptors (Lipinski definition) is 4. The zero-order chi connectivity index (χ0) is 17.4. The maximum absolute atomic E-state index is 11.9. The molecule has 1 aromatic carbocycles. The van der Waals surface area contributed by atoms with Gasteiger partial charge in [-0.25, -0.2) is 9.78 Å². The van der Waals surface area contributed by atoms with Crippen molar-refractivity contribution in [1.82, 2.24) is 10.3 Å². The summed E-state index contributed by atoms with van der Waals surface area (Å²) in [7, 11) is 0. The molecule has 1 amide bonds. The lowest BCUT2D eigenvalue weighted by Crippen LogP contribution is -2.43. The number of aliphatic carboxylic acids is 1. The number of carboxylic acid groups (broad SMARTS) is 1.